The number of carbonyl (C=O) groups is 2. The summed E-state index contributed by atoms with van der Waals surface area (Å²) in [7, 11) is 0. The normalized spacial score (nSPS) is 16.3. The van der Waals surface area contributed by atoms with Gasteiger partial charge in [0.05, 0.1) is 12.6 Å². The summed E-state index contributed by atoms with van der Waals surface area (Å²) in [5.41, 5.74) is 2.35. The molecule has 1 aromatic carbocycles. The van der Waals surface area contributed by atoms with E-state index in [1.165, 1.54) is 10.4 Å². The van der Waals surface area contributed by atoms with Gasteiger partial charge in [-0.1, -0.05) is 51.1 Å². The number of hydrogen-bond acceptors (Lipinski definition) is 3. The number of thiophene rings is 1. The van der Waals surface area contributed by atoms with E-state index in [4.69, 9.17) is 0 Å². The van der Waals surface area contributed by atoms with E-state index in [-0.39, 0.29) is 24.4 Å². The standard InChI is InChI=1S/C22H28N2O2S/c1-4-20(25)23(14-16(2)3)15-21(26)24-12-10-19-18(11-13-27-19)22(24)17-8-6-5-7-9-17/h5-9,11,13,16,22H,4,10,12,14-15H2,1-3H3. The van der Waals surface area contributed by atoms with Gasteiger partial charge >= 0.3 is 0 Å². The molecule has 1 unspecified atom stereocenters. The number of fused-ring (bicyclic) bond motifs is 1. The molecule has 2 aromatic rings. The molecule has 3 rings (SSSR count). The third-order valence-corrected chi connectivity index (χ3v) is 5.96. The molecule has 0 N–H and O–H groups in total. The van der Waals surface area contributed by atoms with Gasteiger partial charge in [0.15, 0.2) is 0 Å². The molecule has 5 heteroatoms. The van der Waals surface area contributed by atoms with Crippen molar-refractivity contribution in [1.82, 2.24) is 9.80 Å². The van der Waals surface area contributed by atoms with Crippen molar-refractivity contribution in [2.24, 2.45) is 5.92 Å². The highest BCUT2D eigenvalue weighted by atomic mass is 32.1. The van der Waals surface area contributed by atoms with Crippen LogP contribution in [0, 0.1) is 5.92 Å². The second-order valence-electron chi connectivity index (χ2n) is 7.47. The number of rotatable bonds is 6. The zero-order chi connectivity index (χ0) is 19.4. The van der Waals surface area contributed by atoms with Gasteiger partial charge in [0.1, 0.15) is 0 Å². The Morgan fingerprint density at radius 2 is 1.96 bits per heavy atom. The molecule has 1 aromatic heterocycles. The molecular weight excluding hydrogens is 356 g/mol. The van der Waals surface area contributed by atoms with E-state index in [2.05, 4.69) is 37.4 Å². The van der Waals surface area contributed by atoms with E-state index in [0.717, 1.165) is 12.0 Å². The van der Waals surface area contributed by atoms with Crippen LogP contribution in [0.15, 0.2) is 41.8 Å². The van der Waals surface area contributed by atoms with Crippen LogP contribution in [0.5, 0.6) is 0 Å². The molecule has 0 spiro atoms. The van der Waals surface area contributed by atoms with Gasteiger partial charge in [0.25, 0.3) is 0 Å². The molecule has 1 aliphatic heterocycles. The summed E-state index contributed by atoms with van der Waals surface area (Å²) in [6.45, 7) is 7.48. The van der Waals surface area contributed by atoms with Crippen molar-refractivity contribution in [1.29, 1.82) is 0 Å². The highest BCUT2D eigenvalue weighted by Gasteiger charge is 2.33. The maximum atomic E-state index is 13.3. The van der Waals surface area contributed by atoms with Gasteiger partial charge in [-0.3, -0.25) is 9.59 Å². The predicted molar refractivity (Wildman–Crippen MR) is 110 cm³/mol. The average Bonchev–Trinajstić information content (AvgIpc) is 3.15. The fourth-order valence-electron chi connectivity index (χ4n) is 3.75. The number of benzene rings is 1. The fraction of sp³-hybridized carbons (Fsp3) is 0.455. The smallest absolute Gasteiger partial charge is 0.242 e. The highest BCUT2D eigenvalue weighted by molar-refractivity contribution is 7.10. The molecule has 27 heavy (non-hydrogen) atoms. The Morgan fingerprint density at radius 1 is 1.22 bits per heavy atom. The summed E-state index contributed by atoms with van der Waals surface area (Å²) in [4.78, 5) is 30.6. The maximum absolute atomic E-state index is 13.3. The molecule has 1 aliphatic rings. The van der Waals surface area contributed by atoms with Gasteiger partial charge in [0.2, 0.25) is 11.8 Å². The Balaban J connectivity index is 1.87. The molecule has 0 radical (unpaired) electrons. The Labute approximate surface area is 165 Å². The molecule has 0 fully saturated rings. The van der Waals surface area contributed by atoms with Crippen LogP contribution in [0.1, 0.15) is 49.2 Å². The van der Waals surface area contributed by atoms with E-state index < -0.39 is 0 Å². The van der Waals surface area contributed by atoms with Gasteiger partial charge in [-0.15, -0.1) is 11.3 Å². The second kappa shape index (κ2) is 8.70. The summed E-state index contributed by atoms with van der Waals surface area (Å²) in [6, 6.07) is 12.3. The lowest BCUT2D eigenvalue weighted by atomic mass is 9.93. The molecule has 1 atom stereocenters. The maximum Gasteiger partial charge on any atom is 0.242 e. The Hall–Kier alpha value is -2.14. The van der Waals surface area contributed by atoms with E-state index in [1.807, 2.05) is 30.0 Å². The predicted octanol–water partition coefficient (Wildman–Crippen LogP) is 4.12. The van der Waals surface area contributed by atoms with Crippen LogP contribution in [0.25, 0.3) is 0 Å². The Kier molecular flexibility index (Phi) is 6.32. The minimum atomic E-state index is -0.0636. The molecule has 0 bridgehead atoms. The van der Waals surface area contributed by atoms with Crippen molar-refractivity contribution < 1.29 is 9.59 Å². The van der Waals surface area contributed by atoms with Gasteiger partial charge in [-0.2, -0.15) is 0 Å². The molecule has 144 valence electrons. The van der Waals surface area contributed by atoms with Crippen LogP contribution in [0.2, 0.25) is 0 Å². The molecular formula is C22H28N2O2S. The zero-order valence-corrected chi connectivity index (χ0v) is 17.2. The summed E-state index contributed by atoms with van der Waals surface area (Å²) < 4.78 is 0. The highest BCUT2D eigenvalue weighted by Crippen LogP contribution is 2.37. The minimum absolute atomic E-state index is 0.0307. The van der Waals surface area contributed by atoms with Crippen molar-refractivity contribution in [3.05, 3.63) is 57.8 Å². The average molecular weight is 385 g/mol. The monoisotopic (exact) mass is 384 g/mol. The SMILES string of the molecule is CCC(=O)N(CC(=O)N1CCc2sccc2C1c1ccccc1)CC(C)C. The van der Waals surface area contributed by atoms with Gasteiger partial charge in [-0.25, -0.2) is 0 Å². The summed E-state index contributed by atoms with van der Waals surface area (Å²) in [6.07, 6.45) is 1.31. The molecule has 0 saturated carbocycles. The van der Waals surface area contributed by atoms with Crippen molar-refractivity contribution in [2.45, 2.75) is 39.7 Å². The quantitative estimate of drug-likeness (QED) is 0.752. The molecule has 4 nitrogen and oxygen atoms in total. The first-order valence-electron chi connectivity index (χ1n) is 9.69. The number of hydrogen-bond donors (Lipinski definition) is 0. The van der Waals surface area contributed by atoms with E-state index >= 15 is 0 Å². The first-order chi connectivity index (χ1) is 13.0. The fourth-order valence-corrected chi connectivity index (χ4v) is 4.66. The van der Waals surface area contributed by atoms with Crippen molar-refractivity contribution >= 4 is 23.2 Å². The van der Waals surface area contributed by atoms with Gasteiger partial charge in [-0.05, 0) is 34.9 Å². The molecule has 0 saturated heterocycles. The lowest BCUT2D eigenvalue weighted by Gasteiger charge is -2.37. The third kappa shape index (κ3) is 4.41. The zero-order valence-electron chi connectivity index (χ0n) is 16.4. The van der Waals surface area contributed by atoms with Gasteiger partial charge < -0.3 is 9.80 Å². The topological polar surface area (TPSA) is 40.6 Å². The number of carbonyl (C=O) groups excluding carboxylic acids is 2. The Bertz CT molecular complexity index is 785. The van der Waals surface area contributed by atoms with E-state index in [1.54, 1.807) is 16.2 Å². The van der Waals surface area contributed by atoms with Crippen molar-refractivity contribution in [3.8, 4) is 0 Å². The number of nitrogens with zero attached hydrogens (tertiary/aromatic N) is 2. The van der Waals surface area contributed by atoms with Crippen LogP contribution in [0.4, 0.5) is 0 Å². The molecule has 2 heterocycles. The summed E-state index contributed by atoms with van der Waals surface area (Å²) >= 11 is 1.77. The lowest BCUT2D eigenvalue weighted by molar-refractivity contribution is -0.142. The lowest BCUT2D eigenvalue weighted by Crippen LogP contribution is -2.47. The summed E-state index contributed by atoms with van der Waals surface area (Å²) in [5, 5.41) is 2.11. The van der Waals surface area contributed by atoms with Crippen LogP contribution < -0.4 is 0 Å². The van der Waals surface area contributed by atoms with Crippen LogP contribution in [-0.4, -0.2) is 41.2 Å². The molecule has 0 aliphatic carbocycles. The van der Waals surface area contributed by atoms with Crippen LogP contribution in [-0.2, 0) is 16.0 Å². The van der Waals surface area contributed by atoms with Crippen molar-refractivity contribution in [3.63, 3.8) is 0 Å². The first kappa shape index (κ1) is 19.6. The first-order valence-corrected chi connectivity index (χ1v) is 10.6. The Morgan fingerprint density at radius 3 is 2.63 bits per heavy atom. The van der Waals surface area contributed by atoms with Crippen LogP contribution >= 0.6 is 11.3 Å². The van der Waals surface area contributed by atoms with E-state index in [0.29, 0.717) is 25.4 Å². The van der Waals surface area contributed by atoms with Crippen LogP contribution in [0.3, 0.4) is 0 Å². The summed E-state index contributed by atoms with van der Waals surface area (Å²) in [5.74, 6) is 0.410. The largest absolute Gasteiger partial charge is 0.333 e. The molecule has 2 amide bonds. The minimum Gasteiger partial charge on any atom is -0.333 e. The number of amides is 2. The van der Waals surface area contributed by atoms with Gasteiger partial charge in [0, 0.05) is 24.4 Å². The van der Waals surface area contributed by atoms with Crippen molar-refractivity contribution in [2.75, 3.05) is 19.6 Å². The second-order valence-corrected chi connectivity index (χ2v) is 8.47. The van der Waals surface area contributed by atoms with E-state index in [9.17, 15) is 9.59 Å². The third-order valence-electron chi connectivity index (χ3n) is 4.97.